The molecule has 1 aliphatic rings. The molecule has 6 heteroatoms. The van der Waals surface area contributed by atoms with E-state index in [1.807, 2.05) is 24.8 Å². The Morgan fingerprint density at radius 1 is 1.45 bits per heavy atom. The number of carbonyl (C=O) groups excluding carboxylic acids is 1. The Hall–Kier alpha value is -2.11. The average molecular weight is 274 g/mol. The van der Waals surface area contributed by atoms with E-state index in [9.17, 15) is 9.59 Å². The molecule has 2 aromatic heterocycles. The van der Waals surface area contributed by atoms with E-state index in [1.54, 1.807) is 18.3 Å². The van der Waals surface area contributed by atoms with Gasteiger partial charge in [-0.1, -0.05) is 6.07 Å². The molecule has 0 unspecified atom stereocenters. The summed E-state index contributed by atoms with van der Waals surface area (Å²) in [4.78, 5) is 26.4. The monoisotopic (exact) mass is 274 g/mol. The van der Waals surface area contributed by atoms with Crippen molar-refractivity contribution in [2.24, 2.45) is 0 Å². The van der Waals surface area contributed by atoms with E-state index in [4.69, 9.17) is 0 Å². The molecule has 20 heavy (non-hydrogen) atoms. The van der Waals surface area contributed by atoms with Crippen LogP contribution in [-0.4, -0.2) is 37.1 Å². The Morgan fingerprint density at radius 3 is 2.80 bits per heavy atom. The second-order valence-corrected chi connectivity index (χ2v) is 5.49. The van der Waals surface area contributed by atoms with Crippen molar-refractivity contribution in [3.63, 3.8) is 0 Å². The molecule has 0 radical (unpaired) electrons. The lowest BCUT2D eigenvalue weighted by atomic mass is 10.3. The number of aromatic nitrogens is 3. The van der Waals surface area contributed by atoms with Crippen LogP contribution in [0.2, 0.25) is 0 Å². The van der Waals surface area contributed by atoms with Crippen LogP contribution in [0.4, 0.5) is 0 Å². The quantitative estimate of drug-likeness (QED) is 0.832. The molecule has 1 saturated carbocycles. The first-order chi connectivity index (χ1) is 9.58. The third-order valence-corrected chi connectivity index (χ3v) is 3.56. The van der Waals surface area contributed by atoms with E-state index in [0.29, 0.717) is 11.7 Å². The topological polar surface area (TPSA) is 59.6 Å². The van der Waals surface area contributed by atoms with Crippen LogP contribution in [0, 0.1) is 0 Å². The predicted molar refractivity (Wildman–Crippen MR) is 74.5 cm³/mol. The van der Waals surface area contributed by atoms with Gasteiger partial charge in [0.15, 0.2) is 5.65 Å². The molecular weight excluding hydrogens is 256 g/mol. The van der Waals surface area contributed by atoms with Gasteiger partial charge in [-0.3, -0.25) is 9.20 Å². The highest BCUT2D eigenvalue weighted by atomic mass is 16.2. The van der Waals surface area contributed by atoms with Gasteiger partial charge in [-0.05, 0) is 38.8 Å². The molecule has 2 aromatic rings. The SMILES string of the molecule is CC(C)N(C(=O)Cn1nc2ccccn2c1=O)C1CC1. The van der Waals surface area contributed by atoms with Gasteiger partial charge in [-0.25, -0.2) is 9.48 Å². The van der Waals surface area contributed by atoms with Crippen LogP contribution in [0.1, 0.15) is 26.7 Å². The summed E-state index contributed by atoms with van der Waals surface area (Å²) in [5, 5.41) is 4.19. The normalized spacial score (nSPS) is 14.9. The average Bonchev–Trinajstić information content (AvgIpc) is 3.17. The largest absolute Gasteiger partial charge is 0.350 e. The molecule has 0 spiro atoms. The maximum atomic E-state index is 12.4. The van der Waals surface area contributed by atoms with Gasteiger partial charge in [0.25, 0.3) is 0 Å². The molecule has 106 valence electrons. The van der Waals surface area contributed by atoms with Crippen molar-refractivity contribution < 1.29 is 4.79 Å². The van der Waals surface area contributed by atoms with E-state index in [1.165, 1.54) is 9.08 Å². The smallest absolute Gasteiger partial charge is 0.336 e. The number of amides is 1. The highest BCUT2D eigenvalue weighted by molar-refractivity contribution is 5.77. The Balaban J connectivity index is 1.87. The molecule has 6 nitrogen and oxygen atoms in total. The van der Waals surface area contributed by atoms with Crippen molar-refractivity contribution in [3.8, 4) is 0 Å². The summed E-state index contributed by atoms with van der Waals surface area (Å²) >= 11 is 0. The summed E-state index contributed by atoms with van der Waals surface area (Å²) in [6.45, 7) is 4.01. The fourth-order valence-corrected chi connectivity index (χ4v) is 2.55. The molecule has 0 bridgehead atoms. The van der Waals surface area contributed by atoms with E-state index >= 15 is 0 Å². The number of hydrogen-bond donors (Lipinski definition) is 0. The van der Waals surface area contributed by atoms with Gasteiger partial charge in [0.2, 0.25) is 5.91 Å². The number of pyridine rings is 1. The lowest BCUT2D eigenvalue weighted by Crippen LogP contribution is -2.42. The first-order valence-corrected chi connectivity index (χ1v) is 6.93. The zero-order valence-corrected chi connectivity index (χ0v) is 11.7. The highest BCUT2D eigenvalue weighted by Crippen LogP contribution is 2.28. The van der Waals surface area contributed by atoms with Crippen molar-refractivity contribution in [2.75, 3.05) is 0 Å². The van der Waals surface area contributed by atoms with Gasteiger partial charge in [-0.2, -0.15) is 0 Å². The van der Waals surface area contributed by atoms with Crippen LogP contribution in [-0.2, 0) is 11.3 Å². The van der Waals surface area contributed by atoms with Crippen LogP contribution in [0.25, 0.3) is 5.65 Å². The first-order valence-electron chi connectivity index (χ1n) is 6.93. The van der Waals surface area contributed by atoms with Gasteiger partial charge in [-0.15, -0.1) is 5.10 Å². The maximum absolute atomic E-state index is 12.4. The molecule has 2 heterocycles. The fourth-order valence-electron chi connectivity index (χ4n) is 2.55. The summed E-state index contributed by atoms with van der Waals surface area (Å²) in [6, 6.07) is 5.84. The Bertz CT molecular complexity index is 695. The number of nitrogens with zero attached hydrogens (tertiary/aromatic N) is 4. The number of rotatable bonds is 4. The van der Waals surface area contributed by atoms with Crippen LogP contribution in [0.15, 0.2) is 29.2 Å². The fraction of sp³-hybridized carbons (Fsp3) is 0.500. The molecule has 3 rings (SSSR count). The van der Waals surface area contributed by atoms with Gasteiger partial charge < -0.3 is 4.90 Å². The van der Waals surface area contributed by atoms with Gasteiger partial charge in [0, 0.05) is 18.3 Å². The van der Waals surface area contributed by atoms with Gasteiger partial charge in [0.1, 0.15) is 6.54 Å². The Kier molecular flexibility index (Phi) is 3.08. The Morgan fingerprint density at radius 2 is 2.20 bits per heavy atom. The summed E-state index contributed by atoms with van der Waals surface area (Å²) in [5.74, 6) is -0.0343. The molecule has 1 fully saturated rings. The van der Waals surface area contributed by atoms with E-state index in [-0.39, 0.29) is 24.2 Å². The van der Waals surface area contributed by atoms with Gasteiger partial charge in [0.05, 0.1) is 0 Å². The van der Waals surface area contributed by atoms with E-state index in [2.05, 4.69) is 5.10 Å². The zero-order valence-electron chi connectivity index (χ0n) is 11.7. The zero-order chi connectivity index (χ0) is 14.3. The van der Waals surface area contributed by atoms with Crippen LogP contribution in [0.5, 0.6) is 0 Å². The number of hydrogen-bond acceptors (Lipinski definition) is 3. The lowest BCUT2D eigenvalue weighted by molar-refractivity contribution is -0.134. The molecule has 0 N–H and O–H groups in total. The van der Waals surface area contributed by atoms with Crippen molar-refractivity contribution in [3.05, 3.63) is 34.9 Å². The minimum Gasteiger partial charge on any atom is -0.336 e. The third kappa shape index (κ3) is 2.21. The minimum atomic E-state index is -0.270. The summed E-state index contributed by atoms with van der Waals surface area (Å²) in [6.07, 6.45) is 3.78. The van der Waals surface area contributed by atoms with Crippen LogP contribution < -0.4 is 5.69 Å². The summed E-state index contributed by atoms with van der Waals surface area (Å²) < 4.78 is 2.69. The van der Waals surface area contributed by atoms with E-state index < -0.39 is 0 Å². The molecule has 0 aliphatic heterocycles. The molecule has 0 aromatic carbocycles. The second kappa shape index (κ2) is 4.77. The first kappa shape index (κ1) is 12.9. The van der Waals surface area contributed by atoms with E-state index in [0.717, 1.165) is 12.8 Å². The number of fused-ring (bicyclic) bond motifs is 1. The molecule has 0 atom stereocenters. The Labute approximate surface area is 116 Å². The summed E-state index contributed by atoms with van der Waals surface area (Å²) in [5.41, 5.74) is 0.293. The maximum Gasteiger partial charge on any atom is 0.350 e. The minimum absolute atomic E-state index is 0.00912. The lowest BCUT2D eigenvalue weighted by Gasteiger charge is -2.26. The third-order valence-electron chi connectivity index (χ3n) is 3.56. The predicted octanol–water partition coefficient (Wildman–Crippen LogP) is 0.895. The molecule has 0 saturated heterocycles. The number of carbonyl (C=O) groups is 1. The summed E-state index contributed by atoms with van der Waals surface area (Å²) in [7, 11) is 0. The molecule has 1 amide bonds. The van der Waals surface area contributed by atoms with Crippen molar-refractivity contribution in [2.45, 2.75) is 45.3 Å². The van der Waals surface area contributed by atoms with Crippen molar-refractivity contribution in [1.29, 1.82) is 0 Å². The standard InChI is InChI=1S/C14H18N4O2/c1-10(2)18(11-6-7-11)13(19)9-17-14(20)16-8-4-3-5-12(16)15-17/h3-5,8,10-11H,6-7,9H2,1-2H3. The molecular formula is C14H18N4O2. The van der Waals surface area contributed by atoms with Crippen molar-refractivity contribution in [1.82, 2.24) is 19.1 Å². The van der Waals surface area contributed by atoms with Crippen molar-refractivity contribution >= 4 is 11.6 Å². The van der Waals surface area contributed by atoms with Crippen LogP contribution in [0.3, 0.4) is 0 Å². The molecule has 1 aliphatic carbocycles. The highest BCUT2D eigenvalue weighted by Gasteiger charge is 2.34. The van der Waals surface area contributed by atoms with Crippen LogP contribution >= 0.6 is 0 Å². The van der Waals surface area contributed by atoms with Gasteiger partial charge >= 0.3 is 5.69 Å². The second-order valence-electron chi connectivity index (χ2n) is 5.49.